The van der Waals surface area contributed by atoms with Crippen molar-refractivity contribution in [3.05, 3.63) is 34.8 Å². The molecule has 5 nitrogen and oxygen atoms in total. The Labute approximate surface area is 116 Å². The second kappa shape index (κ2) is 4.71. The molecule has 0 saturated heterocycles. The summed E-state index contributed by atoms with van der Waals surface area (Å²) in [7, 11) is 0. The zero-order valence-corrected chi connectivity index (χ0v) is 11.1. The van der Waals surface area contributed by atoms with E-state index in [0.29, 0.717) is 10.7 Å². The number of aryl methyl sites for hydroxylation is 1. The van der Waals surface area contributed by atoms with Crippen LogP contribution in [0, 0.1) is 6.92 Å². The Morgan fingerprint density at radius 1 is 1.35 bits per heavy atom. The Morgan fingerprint density at radius 2 is 2.15 bits per heavy atom. The summed E-state index contributed by atoms with van der Waals surface area (Å²) in [6.07, 6.45) is -2.12. The van der Waals surface area contributed by atoms with E-state index < -0.39 is 6.29 Å². The van der Waals surface area contributed by atoms with Crippen molar-refractivity contribution in [3.63, 3.8) is 0 Å². The summed E-state index contributed by atoms with van der Waals surface area (Å²) in [5.41, 5.74) is 4.26. The molecule has 2 heterocycles. The Morgan fingerprint density at radius 3 is 2.90 bits per heavy atom. The van der Waals surface area contributed by atoms with E-state index in [1.165, 1.54) is 29.7 Å². The van der Waals surface area contributed by atoms with Crippen LogP contribution in [0.4, 0.5) is 13.9 Å². The van der Waals surface area contributed by atoms with Gasteiger partial charge in [-0.25, -0.2) is 4.98 Å². The number of hydrogen-bond donors (Lipinski definition) is 1. The van der Waals surface area contributed by atoms with Crippen molar-refractivity contribution in [3.8, 4) is 11.5 Å². The lowest BCUT2D eigenvalue weighted by Gasteiger charge is -2.04. The lowest BCUT2D eigenvalue weighted by molar-refractivity contribution is -0.286. The van der Waals surface area contributed by atoms with Gasteiger partial charge in [0.05, 0.1) is 11.9 Å². The number of benzene rings is 1. The van der Waals surface area contributed by atoms with E-state index in [2.05, 4.69) is 25.0 Å². The molecule has 0 amide bonds. The molecule has 0 spiro atoms. The molecule has 0 aliphatic carbocycles. The molecule has 0 unspecified atom stereocenters. The number of hydrazone groups is 1. The fraction of sp³-hybridized carbons (Fsp3) is 0.167. The number of rotatable bonds is 3. The molecule has 104 valence electrons. The summed E-state index contributed by atoms with van der Waals surface area (Å²) in [6, 6.07) is 4.43. The molecule has 0 bridgehead atoms. The van der Waals surface area contributed by atoms with Gasteiger partial charge in [-0.3, -0.25) is 5.43 Å². The van der Waals surface area contributed by atoms with Gasteiger partial charge in [0, 0.05) is 5.38 Å². The second-order valence-corrected chi connectivity index (χ2v) is 4.90. The molecule has 1 aliphatic rings. The molecule has 1 aromatic heterocycles. The van der Waals surface area contributed by atoms with Gasteiger partial charge in [0.2, 0.25) is 5.13 Å². The van der Waals surface area contributed by atoms with Crippen molar-refractivity contribution < 1.29 is 18.3 Å². The van der Waals surface area contributed by atoms with E-state index in [9.17, 15) is 8.78 Å². The van der Waals surface area contributed by atoms with Crippen molar-refractivity contribution >= 4 is 22.7 Å². The summed E-state index contributed by atoms with van der Waals surface area (Å²) < 4.78 is 34.4. The van der Waals surface area contributed by atoms with Crippen LogP contribution in [0.5, 0.6) is 11.5 Å². The minimum atomic E-state index is -3.60. The fourth-order valence-corrected chi connectivity index (χ4v) is 2.25. The van der Waals surface area contributed by atoms with Crippen LogP contribution < -0.4 is 14.9 Å². The van der Waals surface area contributed by atoms with Crippen molar-refractivity contribution in [2.75, 3.05) is 5.43 Å². The average Bonchev–Trinajstić information content (AvgIpc) is 2.90. The van der Waals surface area contributed by atoms with Gasteiger partial charge in [0.1, 0.15) is 0 Å². The third-order valence-electron chi connectivity index (χ3n) is 2.42. The first-order valence-corrected chi connectivity index (χ1v) is 6.51. The van der Waals surface area contributed by atoms with Gasteiger partial charge >= 0.3 is 6.29 Å². The fourth-order valence-electron chi connectivity index (χ4n) is 1.61. The van der Waals surface area contributed by atoms with E-state index in [0.717, 1.165) is 5.69 Å². The maximum atomic E-state index is 12.8. The molecular formula is C12H9F2N3O2S. The molecule has 1 N–H and O–H groups in total. The van der Waals surface area contributed by atoms with Gasteiger partial charge in [-0.15, -0.1) is 20.1 Å². The number of hydrogen-bond acceptors (Lipinski definition) is 6. The number of nitrogens with one attached hydrogen (secondary N) is 1. The number of halogens is 2. The largest absolute Gasteiger partial charge is 0.586 e. The number of anilines is 1. The standard InChI is InChI=1S/C12H9F2N3O2S/c1-7-6-20-11(16-7)17-15-5-8-2-3-9-10(4-8)19-12(13,14)18-9/h2-6H,1H3,(H,16,17). The van der Waals surface area contributed by atoms with Gasteiger partial charge < -0.3 is 9.47 Å². The van der Waals surface area contributed by atoms with Crippen LogP contribution in [0.25, 0.3) is 0 Å². The maximum absolute atomic E-state index is 12.8. The van der Waals surface area contributed by atoms with E-state index in [4.69, 9.17) is 0 Å². The predicted octanol–water partition coefficient (Wildman–Crippen LogP) is 3.22. The van der Waals surface area contributed by atoms with Crippen LogP contribution in [-0.4, -0.2) is 17.5 Å². The molecule has 1 aliphatic heterocycles. The first kappa shape index (κ1) is 12.8. The predicted molar refractivity (Wildman–Crippen MR) is 70.7 cm³/mol. The highest BCUT2D eigenvalue weighted by molar-refractivity contribution is 7.13. The highest BCUT2D eigenvalue weighted by Crippen LogP contribution is 2.40. The number of fused-ring (bicyclic) bond motifs is 1. The van der Waals surface area contributed by atoms with Crippen LogP contribution >= 0.6 is 11.3 Å². The highest BCUT2D eigenvalue weighted by Gasteiger charge is 2.43. The zero-order chi connectivity index (χ0) is 14.2. The first-order chi connectivity index (χ1) is 9.52. The highest BCUT2D eigenvalue weighted by atomic mass is 32.1. The van der Waals surface area contributed by atoms with E-state index >= 15 is 0 Å². The number of aromatic nitrogens is 1. The monoisotopic (exact) mass is 297 g/mol. The number of thiazole rings is 1. The van der Waals surface area contributed by atoms with Crippen molar-refractivity contribution in [1.29, 1.82) is 0 Å². The molecule has 0 radical (unpaired) electrons. The topological polar surface area (TPSA) is 55.7 Å². The molecule has 2 aromatic rings. The molecule has 20 heavy (non-hydrogen) atoms. The van der Waals surface area contributed by atoms with Crippen LogP contribution in [0.2, 0.25) is 0 Å². The quantitative estimate of drug-likeness (QED) is 0.698. The summed E-state index contributed by atoms with van der Waals surface area (Å²) in [5, 5.41) is 6.52. The van der Waals surface area contributed by atoms with Crippen molar-refractivity contribution in [2.24, 2.45) is 5.10 Å². The summed E-state index contributed by atoms with van der Waals surface area (Å²) in [4.78, 5) is 4.17. The van der Waals surface area contributed by atoms with Gasteiger partial charge in [-0.2, -0.15) is 5.10 Å². The minimum Gasteiger partial charge on any atom is -0.395 e. The Bertz CT molecular complexity index is 672. The Kier molecular flexibility index (Phi) is 3.01. The number of nitrogens with zero attached hydrogens (tertiary/aromatic N) is 2. The molecule has 8 heteroatoms. The number of ether oxygens (including phenoxy) is 2. The van der Waals surface area contributed by atoms with Crippen LogP contribution in [0.15, 0.2) is 28.7 Å². The van der Waals surface area contributed by atoms with E-state index in [1.807, 2.05) is 12.3 Å². The Hall–Kier alpha value is -2.22. The second-order valence-electron chi connectivity index (χ2n) is 4.04. The van der Waals surface area contributed by atoms with Gasteiger partial charge in [-0.05, 0) is 30.7 Å². The minimum absolute atomic E-state index is 0.00987. The van der Waals surface area contributed by atoms with Gasteiger partial charge in [0.15, 0.2) is 11.5 Å². The molecule has 0 fully saturated rings. The average molecular weight is 297 g/mol. The lowest BCUT2D eigenvalue weighted by atomic mass is 10.2. The lowest BCUT2D eigenvalue weighted by Crippen LogP contribution is -2.25. The van der Waals surface area contributed by atoms with E-state index in [-0.39, 0.29) is 11.5 Å². The van der Waals surface area contributed by atoms with Gasteiger partial charge in [0.25, 0.3) is 0 Å². The van der Waals surface area contributed by atoms with Crippen molar-refractivity contribution in [2.45, 2.75) is 13.2 Å². The van der Waals surface area contributed by atoms with Crippen LogP contribution in [0.3, 0.4) is 0 Å². The zero-order valence-electron chi connectivity index (χ0n) is 10.3. The van der Waals surface area contributed by atoms with Crippen LogP contribution in [0.1, 0.15) is 11.3 Å². The molecule has 0 saturated carbocycles. The normalized spacial score (nSPS) is 15.8. The maximum Gasteiger partial charge on any atom is 0.586 e. The molecule has 1 aromatic carbocycles. The summed E-state index contributed by atoms with van der Waals surface area (Å²) >= 11 is 1.42. The summed E-state index contributed by atoms with van der Waals surface area (Å²) in [5.74, 6) is -0.000277. The van der Waals surface area contributed by atoms with E-state index in [1.54, 1.807) is 6.07 Å². The third-order valence-corrected chi connectivity index (χ3v) is 3.28. The van der Waals surface area contributed by atoms with Crippen molar-refractivity contribution in [1.82, 2.24) is 4.98 Å². The van der Waals surface area contributed by atoms with Crippen LogP contribution in [-0.2, 0) is 0 Å². The smallest absolute Gasteiger partial charge is 0.395 e. The summed E-state index contributed by atoms with van der Waals surface area (Å²) in [6.45, 7) is 1.88. The SMILES string of the molecule is Cc1csc(NN=Cc2ccc3c(c2)OC(F)(F)O3)n1. The Balaban J connectivity index is 1.70. The molecule has 3 rings (SSSR count). The molecular weight excluding hydrogens is 288 g/mol. The number of alkyl halides is 2. The first-order valence-electron chi connectivity index (χ1n) is 5.63. The third kappa shape index (κ3) is 2.69. The van der Waals surface area contributed by atoms with Gasteiger partial charge in [-0.1, -0.05) is 0 Å². The molecule has 0 atom stereocenters.